The maximum atomic E-state index is 10.5. The molecule has 0 fully saturated rings. The highest BCUT2D eigenvalue weighted by molar-refractivity contribution is 5.85. The van der Waals surface area contributed by atoms with Gasteiger partial charge in [0, 0.05) is 6.08 Å². The molecule has 0 radical (unpaired) electrons. The van der Waals surface area contributed by atoms with Crippen LogP contribution in [0.25, 0.3) is 7.51 Å². The first-order valence-electron chi connectivity index (χ1n) is 3.91. The zero-order valence-corrected chi connectivity index (χ0v) is 6.60. The van der Waals surface area contributed by atoms with Crippen LogP contribution in [0.15, 0.2) is 24.3 Å². The van der Waals surface area contributed by atoms with E-state index in [1.807, 2.05) is 0 Å². The number of aliphatic carboxylic acids is 1. The maximum Gasteiger partial charge on any atom is 0.328 e. The Labute approximate surface area is 75.9 Å². The minimum absolute atomic E-state index is 0.231. The van der Waals surface area contributed by atoms with Crippen molar-refractivity contribution in [2.75, 3.05) is 0 Å². The van der Waals surface area contributed by atoms with Crippen LogP contribution in [0.2, 0.25) is 0 Å². The first-order valence-corrected chi connectivity index (χ1v) is 3.50. The van der Waals surface area contributed by atoms with Crippen LogP contribution >= 0.6 is 0 Å². The van der Waals surface area contributed by atoms with E-state index in [-0.39, 0.29) is 11.5 Å². The standard InChI is InChI=1S/C9H8O4/c10-7-3-1-6(5-8(7)11)2-4-9(12)13/h1-5,10-11H,(H,12,13)/b4-2+/i/hD. The van der Waals surface area contributed by atoms with Gasteiger partial charge in [0.05, 0.1) is 0 Å². The number of hydrogen-bond donors (Lipinski definition) is 3. The van der Waals surface area contributed by atoms with Gasteiger partial charge in [-0.05, 0) is 23.8 Å². The predicted octanol–water partition coefficient (Wildman–Crippen LogP) is 1.20. The zero-order chi connectivity index (χ0) is 10.6. The molecule has 0 atom stereocenters. The average molecular weight is 181 g/mol. The smallest absolute Gasteiger partial charge is 0.328 e. The molecule has 4 nitrogen and oxygen atoms in total. The number of benzene rings is 1. The Morgan fingerprint density at radius 1 is 1.38 bits per heavy atom. The van der Waals surface area contributed by atoms with Gasteiger partial charge in [0.25, 0.3) is 1.43 Å². The summed E-state index contributed by atoms with van der Waals surface area (Å²) in [6.07, 6.45) is 2.40. The minimum Gasteiger partial charge on any atom is -0.504 e. The minimum atomic E-state index is -0.808. The summed E-state index contributed by atoms with van der Waals surface area (Å²) in [5.74, 6) is -1.31. The molecule has 4 heteroatoms. The number of carbonyl (C=O) groups is 1. The number of aromatic hydroxyl groups is 2. The Morgan fingerprint density at radius 2 is 2.15 bits per heavy atom. The lowest BCUT2D eigenvalue weighted by molar-refractivity contribution is -0.131. The van der Waals surface area contributed by atoms with Crippen LogP contribution in [0.5, 0.6) is 11.5 Å². The van der Waals surface area contributed by atoms with Gasteiger partial charge < -0.3 is 15.3 Å². The van der Waals surface area contributed by atoms with Gasteiger partial charge in [-0.1, -0.05) is 6.07 Å². The Balaban J connectivity index is 2.83. The SMILES string of the molecule is [2H]OC(=O)/C=C/c1ccc(O)c(O)c1. The van der Waals surface area contributed by atoms with Gasteiger partial charge in [-0.25, -0.2) is 4.79 Å². The van der Waals surface area contributed by atoms with Crippen molar-refractivity contribution in [3.63, 3.8) is 0 Å². The normalized spacial score (nSPS) is 11.2. The Morgan fingerprint density at radius 3 is 2.77 bits per heavy atom. The second kappa shape index (κ2) is 3.62. The second-order valence-corrected chi connectivity index (χ2v) is 2.40. The molecule has 0 aliphatic carbocycles. The second-order valence-electron chi connectivity index (χ2n) is 2.40. The summed E-state index contributed by atoms with van der Waals surface area (Å²) in [4.78, 5) is 10.5. The van der Waals surface area contributed by atoms with Crippen LogP contribution < -0.4 is 0 Å². The number of phenolic OH excluding ortho intramolecular Hbond substituents is 2. The summed E-state index contributed by atoms with van der Waals surface area (Å²) in [7, 11) is 0. The first kappa shape index (κ1) is 7.67. The van der Waals surface area contributed by atoms with Crippen molar-refractivity contribution in [1.82, 2.24) is 0 Å². The van der Waals surface area contributed by atoms with E-state index in [1.54, 1.807) is 0 Å². The molecule has 13 heavy (non-hydrogen) atoms. The fourth-order valence-corrected chi connectivity index (χ4v) is 0.808. The lowest BCUT2D eigenvalue weighted by Crippen LogP contribution is -1.85. The lowest BCUT2D eigenvalue weighted by Gasteiger charge is -1.97. The van der Waals surface area contributed by atoms with E-state index in [0.717, 1.165) is 6.08 Å². The Hall–Kier alpha value is -1.97. The topological polar surface area (TPSA) is 77.8 Å². The predicted molar refractivity (Wildman–Crippen MR) is 46.4 cm³/mol. The molecule has 0 aliphatic rings. The molecule has 1 rings (SSSR count). The van der Waals surface area contributed by atoms with Crippen molar-refractivity contribution in [3.05, 3.63) is 29.8 Å². The molecule has 0 bridgehead atoms. The van der Waals surface area contributed by atoms with E-state index in [9.17, 15) is 4.79 Å². The molecule has 0 saturated heterocycles. The van der Waals surface area contributed by atoms with Gasteiger partial charge in [0.2, 0.25) is 0 Å². The molecular formula is C9H8O4. The van der Waals surface area contributed by atoms with Crippen molar-refractivity contribution in [2.24, 2.45) is 0 Å². The fraction of sp³-hybridized carbons (Fsp3) is 0. The molecule has 1 aromatic rings. The van der Waals surface area contributed by atoms with Crippen LogP contribution in [0.1, 0.15) is 5.56 Å². The van der Waals surface area contributed by atoms with E-state index in [1.165, 1.54) is 24.3 Å². The third-order valence-corrected chi connectivity index (χ3v) is 1.41. The quantitative estimate of drug-likeness (QED) is 0.473. The van der Waals surface area contributed by atoms with Crippen molar-refractivity contribution in [1.29, 1.82) is 1.43 Å². The highest BCUT2D eigenvalue weighted by Gasteiger charge is 1.97. The molecule has 1 aromatic carbocycles. The summed E-state index contributed by atoms with van der Waals surface area (Å²) < 4.78 is 6.26. The van der Waals surface area contributed by atoms with Gasteiger partial charge in [0.1, 0.15) is 0 Å². The number of phenols is 2. The summed E-state index contributed by atoms with van der Waals surface area (Å²) in [5, 5.41) is 21.7. The van der Waals surface area contributed by atoms with Crippen molar-refractivity contribution >= 4 is 12.0 Å². The molecule has 0 spiro atoms. The van der Waals surface area contributed by atoms with E-state index < -0.39 is 5.97 Å². The van der Waals surface area contributed by atoms with Gasteiger partial charge in [-0.3, -0.25) is 0 Å². The number of rotatable bonds is 2. The van der Waals surface area contributed by atoms with Gasteiger partial charge in [-0.15, -0.1) is 0 Å². The van der Waals surface area contributed by atoms with Gasteiger partial charge >= 0.3 is 5.97 Å². The maximum absolute atomic E-state index is 10.5. The molecule has 0 aromatic heterocycles. The molecule has 0 heterocycles. The van der Waals surface area contributed by atoms with Gasteiger partial charge in [-0.2, -0.15) is 0 Å². The highest BCUT2D eigenvalue weighted by Crippen LogP contribution is 2.25. The van der Waals surface area contributed by atoms with Crippen LogP contribution in [-0.4, -0.2) is 21.3 Å². The molecular weight excluding hydrogens is 172 g/mol. The number of hydrogen-bond acceptors (Lipinski definition) is 4. The third kappa shape index (κ3) is 2.52. The monoisotopic (exact) mass is 181 g/mol. The number of carboxylic acids is 1. The summed E-state index contributed by atoms with van der Waals surface area (Å²) in [5.41, 5.74) is 0.519. The van der Waals surface area contributed by atoms with Crippen LogP contribution in [0.4, 0.5) is 0 Å². The lowest BCUT2D eigenvalue weighted by atomic mass is 10.2. The molecule has 3 N–H and O–H groups in total. The summed E-state index contributed by atoms with van der Waals surface area (Å²) in [6.45, 7) is 0. The fourth-order valence-electron chi connectivity index (χ4n) is 0.808. The van der Waals surface area contributed by atoms with E-state index in [0.29, 0.717) is 5.56 Å². The molecule has 0 amide bonds. The van der Waals surface area contributed by atoms with Crippen LogP contribution in [0, 0.1) is 0 Å². The molecule has 0 saturated carbocycles. The molecule has 68 valence electrons. The third-order valence-electron chi connectivity index (χ3n) is 1.41. The average Bonchev–Trinajstić information content (AvgIpc) is 2.19. The van der Waals surface area contributed by atoms with Crippen molar-refractivity contribution in [3.8, 4) is 11.5 Å². The highest BCUT2D eigenvalue weighted by atomic mass is 16.4. The van der Waals surface area contributed by atoms with Crippen LogP contribution in [-0.2, 0) is 4.79 Å². The first-order chi connectivity index (χ1) is 6.63. The van der Waals surface area contributed by atoms with E-state index in [2.05, 4.69) is 5.11 Å². The largest absolute Gasteiger partial charge is 0.504 e. The van der Waals surface area contributed by atoms with Crippen molar-refractivity contribution < 1.29 is 20.1 Å². The van der Waals surface area contributed by atoms with E-state index in [4.69, 9.17) is 11.6 Å². The van der Waals surface area contributed by atoms with Crippen molar-refractivity contribution in [2.45, 2.75) is 0 Å². The molecule has 0 unspecified atom stereocenters. The number of carboxylic acid groups (broad SMARTS) is 1. The Bertz CT molecular complexity index is 373. The van der Waals surface area contributed by atoms with Gasteiger partial charge in [0.15, 0.2) is 11.5 Å². The van der Waals surface area contributed by atoms with E-state index >= 15 is 0 Å². The Kier molecular flexibility index (Phi) is 2.14. The summed E-state index contributed by atoms with van der Waals surface area (Å²) >= 11 is 0. The molecule has 0 aliphatic heterocycles. The zero-order valence-electron chi connectivity index (χ0n) is 7.60. The van der Waals surface area contributed by atoms with Crippen LogP contribution in [0.3, 0.4) is 0 Å². The summed E-state index contributed by atoms with van der Waals surface area (Å²) in [6, 6.07) is 4.08.